The number of carbonyl (C=O) groups is 1. The molecule has 2 aromatic heterocycles. The summed E-state index contributed by atoms with van der Waals surface area (Å²) in [5, 5.41) is 5.47. The average molecular weight is 426 g/mol. The molecular weight excluding hydrogens is 413 g/mol. The summed E-state index contributed by atoms with van der Waals surface area (Å²) in [7, 11) is 0. The first kappa shape index (κ1) is 18.7. The number of rotatable bonds is 5. The van der Waals surface area contributed by atoms with E-state index in [0.29, 0.717) is 18.7 Å². The molecule has 130 valence electrons. The molecule has 1 atom stereocenters. The van der Waals surface area contributed by atoms with Gasteiger partial charge < -0.3 is 5.32 Å². The lowest BCUT2D eigenvalue weighted by molar-refractivity contribution is -0.141. The predicted octanol–water partition coefficient (Wildman–Crippen LogP) is 4.69. The average Bonchev–Trinajstić information content (AvgIpc) is 2.88. The van der Waals surface area contributed by atoms with Gasteiger partial charge >= 0.3 is 6.18 Å². The van der Waals surface area contributed by atoms with Crippen LogP contribution in [0.25, 0.3) is 0 Å². The molecule has 0 aliphatic carbocycles. The fourth-order valence-electron chi connectivity index (χ4n) is 2.04. The van der Waals surface area contributed by atoms with Gasteiger partial charge in [0.2, 0.25) is 5.91 Å². The number of aromatic nitrogens is 3. The summed E-state index contributed by atoms with van der Waals surface area (Å²) in [6.45, 7) is 1.81. The second-order valence-corrected chi connectivity index (χ2v) is 6.28. The predicted molar refractivity (Wildman–Crippen MR) is 86.8 cm³/mol. The molecule has 1 amide bonds. The number of alkyl halides is 3. The van der Waals surface area contributed by atoms with Crippen LogP contribution in [0.5, 0.6) is 0 Å². The van der Waals surface area contributed by atoms with Gasteiger partial charge in [0.25, 0.3) is 0 Å². The second kappa shape index (κ2) is 7.52. The maximum Gasteiger partial charge on any atom is 0.436 e. The molecule has 0 aliphatic heterocycles. The Kier molecular flexibility index (Phi) is 5.87. The minimum absolute atomic E-state index is 0.290. The van der Waals surface area contributed by atoms with Crippen molar-refractivity contribution < 1.29 is 18.0 Å². The highest BCUT2D eigenvalue weighted by Crippen LogP contribution is 2.34. The number of amides is 1. The van der Waals surface area contributed by atoms with Crippen LogP contribution in [0.15, 0.2) is 29.0 Å². The molecule has 0 fully saturated rings. The molecule has 2 heterocycles. The van der Waals surface area contributed by atoms with Crippen LogP contribution in [0.4, 0.5) is 19.0 Å². The Bertz CT molecular complexity index is 718. The smallest absolute Gasteiger partial charge is 0.309 e. The lowest BCUT2D eigenvalue weighted by Crippen LogP contribution is -2.27. The molecule has 1 N–H and O–H groups in total. The number of nitrogens with zero attached hydrogens (tertiary/aromatic N) is 3. The number of hydrogen-bond donors (Lipinski definition) is 1. The second-order valence-electron chi connectivity index (χ2n) is 4.96. The van der Waals surface area contributed by atoms with Crippen molar-refractivity contribution in [2.45, 2.75) is 32.0 Å². The molecule has 0 aliphatic rings. The Morgan fingerprint density at radius 3 is 2.67 bits per heavy atom. The molecule has 0 saturated carbocycles. The molecule has 0 saturated heterocycles. The third-order valence-corrected chi connectivity index (χ3v) is 3.86. The molecule has 2 aromatic rings. The Balaban J connectivity index is 2.25. The number of anilines is 1. The summed E-state index contributed by atoms with van der Waals surface area (Å²) in [5.41, 5.74) is -1.21. The molecule has 0 aromatic carbocycles. The number of nitrogens with one attached hydrogen (secondary N) is 1. The van der Waals surface area contributed by atoms with Crippen molar-refractivity contribution in [2.75, 3.05) is 5.32 Å². The van der Waals surface area contributed by atoms with Gasteiger partial charge in [-0.3, -0.25) is 9.48 Å². The van der Waals surface area contributed by atoms with Crippen molar-refractivity contribution in [3.05, 3.63) is 39.7 Å². The van der Waals surface area contributed by atoms with Crippen LogP contribution >= 0.6 is 27.5 Å². The number of hydrogen-bond acceptors (Lipinski definition) is 3. The van der Waals surface area contributed by atoms with Crippen LogP contribution in [-0.4, -0.2) is 20.7 Å². The minimum Gasteiger partial charge on any atom is -0.309 e. The number of pyridine rings is 1. The third kappa shape index (κ3) is 4.47. The molecule has 0 spiro atoms. The maximum atomic E-state index is 12.8. The van der Waals surface area contributed by atoms with E-state index in [1.807, 2.05) is 6.92 Å². The summed E-state index contributed by atoms with van der Waals surface area (Å²) in [5.74, 6) is -0.224. The fourth-order valence-corrected chi connectivity index (χ4v) is 2.52. The van der Waals surface area contributed by atoms with E-state index in [4.69, 9.17) is 11.6 Å². The summed E-state index contributed by atoms with van der Waals surface area (Å²) >= 11 is 8.82. The summed E-state index contributed by atoms with van der Waals surface area (Å²) in [6.07, 6.45) is -1.29. The van der Waals surface area contributed by atoms with Crippen molar-refractivity contribution in [1.29, 1.82) is 0 Å². The van der Waals surface area contributed by atoms with E-state index >= 15 is 0 Å². The van der Waals surface area contributed by atoms with Crippen molar-refractivity contribution >= 4 is 39.3 Å². The molecule has 24 heavy (non-hydrogen) atoms. The van der Waals surface area contributed by atoms with Crippen LogP contribution < -0.4 is 5.32 Å². The van der Waals surface area contributed by atoms with E-state index in [-0.39, 0.29) is 0 Å². The molecule has 2 rings (SSSR count). The van der Waals surface area contributed by atoms with Crippen molar-refractivity contribution in [3.63, 3.8) is 0 Å². The summed E-state index contributed by atoms with van der Waals surface area (Å²) < 4.78 is 40.1. The van der Waals surface area contributed by atoms with Crippen LogP contribution in [0.2, 0.25) is 5.02 Å². The van der Waals surface area contributed by atoms with Crippen LogP contribution in [0, 0.1) is 0 Å². The van der Waals surface area contributed by atoms with E-state index in [1.165, 1.54) is 6.20 Å². The van der Waals surface area contributed by atoms with E-state index in [1.54, 1.807) is 12.1 Å². The standard InChI is InChI=1S/C14H13BrClF3N4O/c1-2-3-10(13(24)21-11-5-4-8(15)6-20-11)23-7-9(16)12(22-23)14(17,18)19/h4-7,10H,2-3H2,1H3,(H,20,21,24). The zero-order valence-electron chi connectivity index (χ0n) is 12.4. The summed E-state index contributed by atoms with van der Waals surface area (Å²) in [6, 6.07) is 2.33. The quantitative estimate of drug-likeness (QED) is 0.756. The Labute approximate surface area is 149 Å². The zero-order valence-corrected chi connectivity index (χ0v) is 14.8. The van der Waals surface area contributed by atoms with Gasteiger partial charge in [0, 0.05) is 16.9 Å². The van der Waals surface area contributed by atoms with Gasteiger partial charge in [-0.05, 0) is 34.5 Å². The zero-order chi connectivity index (χ0) is 17.9. The monoisotopic (exact) mass is 424 g/mol. The minimum atomic E-state index is -4.68. The van der Waals surface area contributed by atoms with Gasteiger partial charge in [-0.15, -0.1) is 0 Å². The fraction of sp³-hybridized carbons (Fsp3) is 0.357. The van der Waals surface area contributed by atoms with Gasteiger partial charge in [0.1, 0.15) is 11.9 Å². The van der Waals surface area contributed by atoms with Crippen molar-refractivity contribution in [2.24, 2.45) is 0 Å². The van der Waals surface area contributed by atoms with Gasteiger partial charge in [-0.25, -0.2) is 4.98 Å². The number of halogens is 5. The highest BCUT2D eigenvalue weighted by Gasteiger charge is 2.38. The lowest BCUT2D eigenvalue weighted by Gasteiger charge is -2.16. The first-order chi connectivity index (χ1) is 11.2. The van der Waals surface area contributed by atoms with Crippen molar-refractivity contribution in [1.82, 2.24) is 14.8 Å². The Morgan fingerprint density at radius 1 is 1.46 bits per heavy atom. The highest BCUT2D eigenvalue weighted by molar-refractivity contribution is 9.10. The molecule has 5 nitrogen and oxygen atoms in total. The van der Waals surface area contributed by atoms with Gasteiger partial charge in [0.05, 0.1) is 5.02 Å². The van der Waals surface area contributed by atoms with E-state index < -0.39 is 28.8 Å². The largest absolute Gasteiger partial charge is 0.436 e. The summed E-state index contributed by atoms with van der Waals surface area (Å²) in [4.78, 5) is 16.4. The van der Waals surface area contributed by atoms with Crippen molar-refractivity contribution in [3.8, 4) is 0 Å². The van der Waals surface area contributed by atoms with E-state index in [9.17, 15) is 18.0 Å². The Hall–Kier alpha value is -1.61. The van der Waals surface area contributed by atoms with Gasteiger partial charge in [-0.2, -0.15) is 18.3 Å². The molecular formula is C14H13BrClF3N4O. The normalized spacial score (nSPS) is 12.9. The molecule has 0 radical (unpaired) electrons. The van der Waals surface area contributed by atoms with Gasteiger partial charge in [-0.1, -0.05) is 24.9 Å². The van der Waals surface area contributed by atoms with E-state index in [0.717, 1.165) is 15.4 Å². The van der Waals surface area contributed by atoms with Crippen LogP contribution in [0.3, 0.4) is 0 Å². The number of carbonyl (C=O) groups excluding carboxylic acids is 1. The maximum absolute atomic E-state index is 12.8. The molecule has 1 unspecified atom stereocenters. The topological polar surface area (TPSA) is 59.8 Å². The van der Waals surface area contributed by atoms with Crippen LogP contribution in [0.1, 0.15) is 31.5 Å². The third-order valence-electron chi connectivity index (χ3n) is 3.12. The molecule has 0 bridgehead atoms. The Morgan fingerprint density at radius 2 is 2.17 bits per heavy atom. The SMILES string of the molecule is CCCC(C(=O)Nc1ccc(Br)cn1)n1cc(Cl)c(C(F)(F)F)n1. The first-order valence-corrected chi connectivity index (χ1v) is 8.13. The lowest BCUT2D eigenvalue weighted by atomic mass is 10.1. The first-order valence-electron chi connectivity index (χ1n) is 6.96. The van der Waals surface area contributed by atoms with Crippen LogP contribution in [-0.2, 0) is 11.0 Å². The van der Waals surface area contributed by atoms with Gasteiger partial charge in [0.15, 0.2) is 5.69 Å². The molecule has 10 heteroatoms. The highest BCUT2D eigenvalue weighted by atomic mass is 79.9. The van der Waals surface area contributed by atoms with E-state index in [2.05, 4.69) is 31.3 Å².